The van der Waals surface area contributed by atoms with Crippen LogP contribution in [0.15, 0.2) is 54.4 Å². The van der Waals surface area contributed by atoms with Crippen molar-refractivity contribution in [3.05, 3.63) is 70.7 Å². The Labute approximate surface area is 167 Å². The third-order valence-corrected chi connectivity index (χ3v) is 5.72. The van der Waals surface area contributed by atoms with Gasteiger partial charge in [-0.2, -0.15) is 0 Å². The van der Waals surface area contributed by atoms with Gasteiger partial charge in [-0.05, 0) is 29.1 Å². The zero-order chi connectivity index (χ0) is 19.3. The lowest BCUT2D eigenvalue weighted by atomic mass is 10.2. The van der Waals surface area contributed by atoms with Gasteiger partial charge in [0.05, 0.1) is 12.0 Å². The van der Waals surface area contributed by atoms with Crippen LogP contribution in [-0.4, -0.2) is 51.6 Å². The molecule has 1 aromatic carbocycles. The molecule has 0 unspecified atom stereocenters. The molecular weight excluding hydrogens is 377 g/mol. The highest BCUT2D eigenvalue weighted by Gasteiger charge is 2.21. The number of hydrogen-bond donors (Lipinski definition) is 1. The maximum absolute atomic E-state index is 14.3. The van der Waals surface area contributed by atoms with Gasteiger partial charge in [-0.3, -0.25) is 4.90 Å². The normalized spacial score (nSPS) is 15.0. The van der Waals surface area contributed by atoms with E-state index in [0.29, 0.717) is 25.3 Å². The Kier molecular flexibility index (Phi) is 5.68. The highest BCUT2D eigenvalue weighted by molar-refractivity contribution is 7.09. The summed E-state index contributed by atoms with van der Waals surface area (Å²) in [4.78, 5) is 21.9. The molecule has 3 aromatic rings. The van der Waals surface area contributed by atoms with Crippen LogP contribution >= 0.6 is 11.3 Å². The van der Waals surface area contributed by atoms with Crippen molar-refractivity contribution in [2.45, 2.75) is 13.1 Å². The van der Waals surface area contributed by atoms with Crippen molar-refractivity contribution in [3.63, 3.8) is 0 Å². The lowest BCUT2D eigenvalue weighted by Crippen LogP contribution is -2.51. The van der Waals surface area contributed by atoms with Gasteiger partial charge in [0.25, 0.3) is 0 Å². The molecule has 0 radical (unpaired) electrons. The highest BCUT2D eigenvalue weighted by Crippen LogP contribution is 2.16. The van der Waals surface area contributed by atoms with Crippen LogP contribution in [0.4, 0.5) is 9.18 Å². The summed E-state index contributed by atoms with van der Waals surface area (Å²) in [5, 5.41) is 4.98. The number of aromatic nitrogens is 2. The van der Waals surface area contributed by atoms with Crippen LogP contribution in [0.3, 0.4) is 0 Å². The molecule has 0 spiro atoms. The first-order chi connectivity index (χ1) is 13.7. The van der Waals surface area contributed by atoms with E-state index < -0.39 is 0 Å². The van der Waals surface area contributed by atoms with E-state index in [1.165, 1.54) is 10.9 Å². The quantitative estimate of drug-likeness (QED) is 0.717. The molecule has 0 aliphatic carbocycles. The molecule has 146 valence electrons. The Morgan fingerprint density at radius 1 is 1.21 bits per heavy atom. The van der Waals surface area contributed by atoms with E-state index >= 15 is 0 Å². The number of nitrogens with zero attached hydrogens (tertiary/aromatic N) is 4. The minimum atomic E-state index is -0.341. The molecule has 1 aliphatic rings. The number of carbonyl (C=O) groups excluding carboxylic acids is 1. The van der Waals surface area contributed by atoms with Crippen molar-refractivity contribution in [3.8, 4) is 5.69 Å². The molecule has 4 rings (SSSR count). The van der Waals surface area contributed by atoms with Gasteiger partial charge in [-0.1, -0.05) is 12.1 Å². The number of hydrogen-bond acceptors (Lipinski definition) is 4. The second kappa shape index (κ2) is 8.53. The number of amides is 2. The van der Waals surface area contributed by atoms with E-state index in [2.05, 4.69) is 32.7 Å². The first-order valence-electron chi connectivity index (χ1n) is 9.23. The summed E-state index contributed by atoms with van der Waals surface area (Å²) >= 11 is 1.76. The molecule has 1 saturated heterocycles. The van der Waals surface area contributed by atoms with Gasteiger partial charge in [0, 0.05) is 56.5 Å². The van der Waals surface area contributed by atoms with Gasteiger partial charge in [0.15, 0.2) is 0 Å². The highest BCUT2D eigenvalue weighted by atomic mass is 32.1. The molecule has 28 heavy (non-hydrogen) atoms. The van der Waals surface area contributed by atoms with E-state index in [4.69, 9.17) is 0 Å². The van der Waals surface area contributed by atoms with Crippen LogP contribution in [0.5, 0.6) is 0 Å². The van der Waals surface area contributed by atoms with E-state index in [-0.39, 0.29) is 11.8 Å². The molecule has 1 N–H and O–H groups in total. The average Bonchev–Trinajstić information content (AvgIpc) is 3.41. The Morgan fingerprint density at radius 3 is 2.75 bits per heavy atom. The summed E-state index contributed by atoms with van der Waals surface area (Å²) in [6.07, 6.45) is 4.85. The van der Waals surface area contributed by atoms with E-state index in [1.807, 2.05) is 11.0 Å². The fourth-order valence-electron chi connectivity index (χ4n) is 3.29. The number of halogens is 1. The maximum atomic E-state index is 14.3. The van der Waals surface area contributed by atoms with Gasteiger partial charge in [-0.15, -0.1) is 11.3 Å². The van der Waals surface area contributed by atoms with Gasteiger partial charge in [0.2, 0.25) is 0 Å². The van der Waals surface area contributed by atoms with Gasteiger partial charge in [0.1, 0.15) is 5.82 Å². The second-order valence-corrected chi connectivity index (χ2v) is 7.79. The predicted octanol–water partition coefficient (Wildman–Crippen LogP) is 3.10. The molecule has 0 saturated carbocycles. The Morgan fingerprint density at radius 2 is 2.07 bits per heavy atom. The number of carbonyl (C=O) groups is 1. The number of thiophene rings is 1. The fourth-order valence-corrected chi connectivity index (χ4v) is 4.04. The zero-order valence-corrected chi connectivity index (χ0v) is 16.2. The molecule has 1 fully saturated rings. The van der Waals surface area contributed by atoms with Crippen molar-refractivity contribution in [1.29, 1.82) is 0 Å². The lowest BCUT2D eigenvalue weighted by molar-refractivity contribution is 0.135. The van der Waals surface area contributed by atoms with Gasteiger partial charge >= 0.3 is 6.03 Å². The zero-order valence-electron chi connectivity index (χ0n) is 15.4. The topological polar surface area (TPSA) is 53.4 Å². The molecule has 0 bridgehead atoms. The van der Waals surface area contributed by atoms with Crippen molar-refractivity contribution >= 4 is 17.4 Å². The molecular formula is C20H22FN5OS. The van der Waals surface area contributed by atoms with Crippen molar-refractivity contribution in [2.24, 2.45) is 0 Å². The molecule has 1 aliphatic heterocycles. The van der Waals surface area contributed by atoms with Gasteiger partial charge < -0.3 is 14.8 Å². The van der Waals surface area contributed by atoms with Crippen molar-refractivity contribution in [1.82, 2.24) is 24.7 Å². The summed E-state index contributed by atoms with van der Waals surface area (Å²) in [5.74, 6) is -0.341. The minimum Gasteiger partial charge on any atom is -0.334 e. The van der Waals surface area contributed by atoms with E-state index in [1.54, 1.807) is 40.7 Å². The van der Waals surface area contributed by atoms with Crippen molar-refractivity contribution in [2.75, 3.05) is 26.2 Å². The average molecular weight is 399 g/mol. The Bertz CT molecular complexity index is 905. The first-order valence-corrected chi connectivity index (χ1v) is 10.1. The number of piperazine rings is 1. The second-order valence-electron chi connectivity index (χ2n) is 6.76. The molecule has 2 aromatic heterocycles. The molecule has 8 heteroatoms. The molecule has 2 amide bonds. The summed E-state index contributed by atoms with van der Waals surface area (Å²) in [6.45, 7) is 4.36. The third-order valence-electron chi connectivity index (χ3n) is 4.86. The summed E-state index contributed by atoms with van der Waals surface area (Å²) in [6, 6.07) is 9.07. The van der Waals surface area contributed by atoms with E-state index in [0.717, 1.165) is 25.2 Å². The smallest absolute Gasteiger partial charge is 0.317 e. The van der Waals surface area contributed by atoms with Gasteiger partial charge in [-0.25, -0.2) is 14.2 Å². The summed E-state index contributed by atoms with van der Waals surface area (Å²) < 4.78 is 15.9. The van der Waals surface area contributed by atoms with Crippen LogP contribution < -0.4 is 5.32 Å². The summed E-state index contributed by atoms with van der Waals surface area (Å²) in [7, 11) is 0. The van der Waals surface area contributed by atoms with Crippen LogP contribution in [0, 0.1) is 5.82 Å². The number of nitrogens with one attached hydrogen (secondary N) is 1. The fraction of sp³-hybridized carbons (Fsp3) is 0.300. The predicted molar refractivity (Wildman–Crippen MR) is 107 cm³/mol. The Balaban J connectivity index is 1.26. The maximum Gasteiger partial charge on any atom is 0.317 e. The number of imidazole rings is 1. The number of benzene rings is 1. The largest absolute Gasteiger partial charge is 0.334 e. The lowest BCUT2D eigenvalue weighted by Gasteiger charge is -2.34. The van der Waals surface area contributed by atoms with Crippen LogP contribution in [0.2, 0.25) is 0 Å². The minimum absolute atomic E-state index is 0.102. The monoisotopic (exact) mass is 399 g/mol. The number of urea groups is 1. The van der Waals surface area contributed by atoms with Crippen LogP contribution in [-0.2, 0) is 13.1 Å². The summed E-state index contributed by atoms with van der Waals surface area (Å²) in [5.41, 5.74) is 1.17. The van der Waals surface area contributed by atoms with E-state index in [9.17, 15) is 9.18 Å². The standard InChI is InChI=1S/C20H22FN5OS/c21-18-12-16(3-4-19(18)26-6-5-22-15-26)13-23-20(27)25-9-7-24(8-10-25)14-17-2-1-11-28-17/h1-6,11-12,15H,7-10,13-14H2,(H,23,27). The first kappa shape index (κ1) is 18.6. The molecule has 0 atom stereocenters. The number of rotatable bonds is 5. The van der Waals surface area contributed by atoms with Crippen LogP contribution in [0.1, 0.15) is 10.4 Å². The molecule has 6 nitrogen and oxygen atoms in total. The van der Waals surface area contributed by atoms with Crippen LogP contribution in [0.25, 0.3) is 5.69 Å². The SMILES string of the molecule is O=C(NCc1ccc(-n2ccnc2)c(F)c1)N1CCN(Cc2cccs2)CC1. The van der Waals surface area contributed by atoms with Crippen molar-refractivity contribution < 1.29 is 9.18 Å². The Hall–Kier alpha value is -2.71. The molecule has 3 heterocycles. The third kappa shape index (κ3) is 4.40.